The zero-order valence-corrected chi connectivity index (χ0v) is 11.2. The first-order valence-electron chi connectivity index (χ1n) is 6.12. The molecule has 2 aliphatic rings. The van der Waals surface area contributed by atoms with Gasteiger partial charge in [0.25, 0.3) is 0 Å². The highest BCUT2D eigenvalue weighted by Gasteiger charge is 2.53. The molecule has 0 fully saturated rings. The maximum atomic E-state index is 5.98. The van der Waals surface area contributed by atoms with Gasteiger partial charge in [-0.2, -0.15) is 0 Å². The number of nitrogens with two attached hydrogens (primary N) is 1. The topological polar surface area (TPSA) is 38.4 Å². The molecule has 0 saturated carbocycles. The molecule has 1 aromatic carbocycles. The highest BCUT2D eigenvalue weighted by Crippen LogP contribution is 2.56. The summed E-state index contributed by atoms with van der Waals surface area (Å²) in [5.41, 5.74) is 8.91. The van der Waals surface area contributed by atoms with Crippen molar-refractivity contribution in [2.24, 2.45) is 16.1 Å². The van der Waals surface area contributed by atoms with Crippen molar-refractivity contribution in [2.45, 2.75) is 32.2 Å². The molecule has 0 amide bonds. The standard InChI is InChI=1S/C14H18N2S/c1-13(2)9-10-5-3-4-6-11(10)14(13)7-8-17-12(15)16-14/h3-6H,7-9H2,1-2H3,(H2,15,16). The van der Waals surface area contributed by atoms with E-state index >= 15 is 0 Å². The zero-order valence-electron chi connectivity index (χ0n) is 10.4. The maximum absolute atomic E-state index is 5.98. The van der Waals surface area contributed by atoms with E-state index < -0.39 is 0 Å². The molecule has 1 unspecified atom stereocenters. The van der Waals surface area contributed by atoms with E-state index in [4.69, 9.17) is 10.7 Å². The van der Waals surface area contributed by atoms with Gasteiger partial charge in [0, 0.05) is 5.75 Å². The van der Waals surface area contributed by atoms with Gasteiger partial charge in [0.05, 0.1) is 5.54 Å². The first-order chi connectivity index (χ1) is 8.05. The van der Waals surface area contributed by atoms with Gasteiger partial charge in [-0.1, -0.05) is 49.9 Å². The van der Waals surface area contributed by atoms with E-state index in [0.717, 1.165) is 23.8 Å². The Morgan fingerprint density at radius 2 is 2.06 bits per heavy atom. The molecule has 3 heteroatoms. The highest BCUT2D eigenvalue weighted by atomic mass is 32.2. The number of benzene rings is 1. The van der Waals surface area contributed by atoms with Crippen LogP contribution in [-0.2, 0) is 12.0 Å². The Kier molecular flexibility index (Phi) is 2.31. The average Bonchev–Trinajstić information content (AvgIpc) is 2.48. The van der Waals surface area contributed by atoms with Gasteiger partial charge < -0.3 is 5.73 Å². The van der Waals surface area contributed by atoms with E-state index in [-0.39, 0.29) is 11.0 Å². The molecule has 2 nitrogen and oxygen atoms in total. The number of thioether (sulfide) groups is 1. The molecule has 3 rings (SSSR count). The van der Waals surface area contributed by atoms with Crippen LogP contribution in [0.15, 0.2) is 29.3 Å². The Bertz CT molecular complexity index is 493. The smallest absolute Gasteiger partial charge is 0.154 e. The largest absolute Gasteiger partial charge is 0.379 e. The third-order valence-electron chi connectivity index (χ3n) is 4.23. The van der Waals surface area contributed by atoms with Gasteiger partial charge in [-0.15, -0.1) is 0 Å². The molecule has 0 aromatic heterocycles. The van der Waals surface area contributed by atoms with Gasteiger partial charge in [-0.3, -0.25) is 4.99 Å². The van der Waals surface area contributed by atoms with Gasteiger partial charge in [0.2, 0.25) is 0 Å². The van der Waals surface area contributed by atoms with E-state index in [9.17, 15) is 0 Å². The Morgan fingerprint density at radius 1 is 1.29 bits per heavy atom. The van der Waals surface area contributed by atoms with Crippen molar-refractivity contribution in [1.29, 1.82) is 0 Å². The molecule has 1 heterocycles. The van der Waals surface area contributed by atoms with Crippen LogP contribution in [0.3, 0.4) is 0 Å². The summed E-state index contributed by atoms with van der Waals surface area (Å²) in [6, 6.07) is 8.71. The minimum atomic E-state index is -0.0844. The lowest BCUT2D eigenvalue weighted by Gasteiger charge is -2.41. The van der Waals surface area contributed by atoms with Crippen LogP contribution < -0.4 is 5.73 Å². The zero-order chi connectivity index (χ0) is 12.1. The summed E-state index contributed by atoms with van der Waals surface area (Å²) >= 11 is 1.68. The van der Waals surface area contributed by atoms with Crippen LogP contribution in [-0.4, -0.2) is 10.9 Å². The van der Waals surface area contributed by atoms with Crippen molar-refractivity contribution in [1.82, 2.24) is 0 Å². The number of aliphatic imine (C=N–C) groups is 1. The van der Waals surface area contributed by atoms with Crippen molar-refractivity contribution in [3.8, 4) is 0 Å². The first-order valence-corrected chi connectivity index (χ1v) is 7.10. The van der Waals surface area contributed by atoms with Gasteiger partial charge in [0.1, 0.15) is 0 Å². The fraction of sp³-hybridized carbons (Fsp3) is 0.500. The van der Waals surface area contributed by atoms with Crippen LogP contribution in [0.2, 0.25) is 0 Å². The van der Waals surface area contributed by atoms with Crippen LogP contribution in [0.5, 0.6) is 0 Å². The second-order valence-corrected chi connectivity index (χ2v) is 6.74. The number of hydrogen-bond donors (Lipinski definition) is 1. The predicted molar refractivity (Wildman–Crippen MR) is 74.3 cm³/mol. The fourth-order valence-electron chi connectivity index (χ4n) is 3.33. The minimum absolute atomic E-state index is 0.0844. The van der Waals surface area contributed by atoms with Crippen LogP contribution in [0.4, 0.5) is 0 Å². The van der Waals surface area contributed by atoms with Crippen molar-refractivity contribution >= 4 is 16.9 Å². The Morgan fingerprint density at radius 3 is 2.82 bits per heavy atom. The summed E-state index contributed by atoms with van der Waals surface area (Å²) < 4.78 is 0. The van der Waals surface area contributed by atoms with Crippen LogP contribution in [0, 0.1) is 5.41 Å². The lowest BCUT2D eigenvalue weighted by molar-refractivity contribution is 0.186. The third kappa shape index (κ3) is 1.45. The number of fused-ring (bicyclic) bond motifs is 2. The molecule has 2 N–H and O–H groups in total. The normalized spacial score (nSPS) is 30.1. The maximum Gasteiger partial charge on any atom is 0.154 e. The van der Waals surface area contributed by atoms with E-state index in [2.05, 4.69) is 38.1 Å². The second kappa shape index (κ2) is 3.52. The van der Waals surface area contributed by atoms with E-state index in [1.165, 1.54) is 11.1 Å². The van der Waals surface area contributed by atoms with Crippen molar-refractivity contribution in [3.05, 3.63) is 35.4 Å². The highest BCUT2D eigenvalue weighted by molar-refractivity contribution is 8.13. The number of hydrogen-bond acceptors (Lipinski definition) is 3. The first kappa shape index (κ1) is 11.1. The van der Waals surface area contributed by atoms with Crippen molar-refractivity contribution in [2.75, 3.05) is 5.75 Å². The monoisotopic (exact) mass is 246 g/mol. The van der Waals surface area contributed by atoms with E-state index in [1.54, 1.807) is 11.8 Å². The van der Waals surface area contributed by atoms with Crippen LogP contribution >= 0.6 is 11.8 Å². The Hall–Kier alpha value is -0.960. The molecule has 0 radical (unpaired) electrons. The fourth-order valence-corrected chi connectivity index (χ4v) is 4.16. The lowest BCUT2D eigenvalue weighted by atomic mass is 9.71. The second-order valence-electron chi connectivity index (χ2n) is 5.63. The lowest BCUT2D eigenvalue weighted by Crippen LogP contribution is -2.41. The molecular weight excluding hydrogens is 228 g/mol. The average molecular weight is 246 g/mol. The van der Waals surface area contributed by atoms with Gasteiger partial charge in [-0.05, 0) is 29.4 Å². The number of nitrogens with zero attached hydrogens (tertiary/aromatic N) is 1. The number of rotatable bonds is 0. The molecule has 90 valence electrons. The quantitative estimate of drug-likeness (QED) is 0.764. The molecule has 1 aliphatic heterocycles. The summed E-state index contributed by atoms with van der Waals surface area (Å²) in [4.78, 5) is 4.86. The summed E-state index contributed by atoms with van der Waals surface area (Å²) in [7, 11) is 0. The Labute approximate surface area is 107 Å². The molecule has 1 aliphatic carbocycles. The van der Waals surface area contributed by atoms with Gasteiger partial charge >= 0.3 is 0 Å². The van der Waals surface area contributed by atoms with E-state index in [1.807, 2.05) is 0 Å². The van der Waals surface area contributed by atoms with Crippen LogP contribution in [0.25, 0.3) is 0 Å². The van der Waals surface area contributed by atoms with Crippen molar-refractivity contribution < 1.29 is 0 Å². The van der Waals surface area contributed by atoms with Gasteiger partial charge in [-0.25, -0.2) is 0 Å². The minimum Gasteiger partial charge on any atom is -0.379 e. The molecule has 0 bridgehead atoms. The number of amidine groups is 1. The molecule has 1 aromatic rings. The predicted octanol–water partition coefficient (Wildman–Crippen LogP) is 2.92. The molecular formula is C14H18N2S. The molecule has 1 atom stereocenters. The molecule has 17 heavy (non-hydrogen) atoms. The summed E-state index contributed by atoms with van der Waals surface area (Å²) in [5, 5.41) is 0.751. The summed E-state index contributed by atoms with van der Waals surface area (Å²) in [5.74, 6) is 1.08. The summed E-state index contributed by atoms with van der Waals surface area (Å²) in [6.45, 7) is 4.64. The van der Waals surface area contributed by atoms with Gasteiger partial charge in [0.15, 0.2) is 5.17 Å². The van der Waals surface area contributed by atoms with Crippen LogP contribution in [0.1, 0.15) is 31.4 Å². The third-order valence-corrected chi connectivity index (χ3v) is 5.03. The molecule has 0 saturated heterocycles. The Balaban J connectivity index is 2.23. The SMILES string of the molecule is CC1(C)Cc2ccccc2C12CCSC(N)=N2. The molecule has 1 spiro atoms. The van der Waals surface area contributed by atoms with Crippen molar-refractivity contribution in [3.63, 3.8) is 0 Å². The summed E-state index contributed by atoms with van der Waals surface area (Å²) in [6.07, 6.45) is 2.20. The van der Waals surface area contributed by atoms with E-state index in [0.29, 0.717) is 0 Å².